The monoisotopic (exact) mass is 333 g/mol. The summed E-state index contributed by atoms with van der Waals surface area (Å²) in [5, 5.41) is 0. The van der Waals surface area contributed by atoms with E-state index in [4.69, 9.17) is 5.73 Å². The van der Waals surface area contributed by atoms with E-state index in [1.807, 2.05) is 4.72 Å². The van der Waals surface area contributed by atoms with Gasteiger partial charge in [0.25, 0.3) is 10.2 Å². The fraction of sp³-hybridized carbons (Fsp3) is 0.400. The van der Waals surface area contributed by atoms with Crippen molar-refractivity contribution in [1.29, 1.82) is 0 Å². The first-order valence-corrected chi connectivity index (χ1v) is 6.79. The Morgan fingerprint density at radius 2 is 1.70 bits per heavy atom. The molecule has 0 spiro atoms. The molecule has 4 N–H and O–H groups in total. The lowest BCUT2D eigenvalue weighted by Gasteiger charge is -2.14. The number of nitrogens with two attached hydrogens (primary N) is 1. The quantitative estimate of drug-likeness (QED) is 0.728. The standard InChI is InChI=1S/C10H14F3N3O2S.ClH/c11-10(12,13)7-16-19(17,18)15-6-9(14)8-4-2-1-3-5-8;/h1-5,9,15-16H,6-7,14H2;1H. The average Bonchev–Trinajstić information content (AvgIpc) is 2.34. The molecule has 1 rings (SSSR count). The van der Waals surface area contributed by atoms with Gasteiger partial charge in [0.15, 0.2) is 0 Å². The molecule has 0 aliphatic carbocycles. The van der Waals surface area contributed by atoms with Crippen molar-refractivity contribution in [2.45, 2.75) is 12.2 Å². The molecule has 20 heavy (non-hydrogen) atoms. The minimum absolute atomic E-state index is 0. The molecule has 0 saturated heterocycles. The smallest absolute Gasteiger partial charge is 0.323 e. The van der Waals surface area contributed by atoms with E-state index in [1.165, 1.54) is 4.72 Å². The van der Waals surface area contributed by atoms with Gasteiger partial charge >= 0.3 is 6.18 Å². The Morgan fingerprint density at radius 1 is 1.15 bits per heavy atom. The summed E-state index contributed by atoms with van der Waals surface area (Å²) in [6.07, 6.45) is -4.60. The highest BCUT2D eigenvalue weighted by molar-refractivity contribution is 7.87. The molecule has 0 fully saturated rings. The van der Waals surface area contributed by atoms with Crippen LogP contribution in [-0.2, 0) is 10.2 Å². The van der Waals surface area contributed by atoms with Gasteiger partial charge in [0.1, 0.15) is 6.54 Å². The highest BCUT2D eigenvalue weighted by Gasteiger charge is 2.29. The number of hydrogen-bond donors (Lipinski definition) is 3. The van der Waals surface area contributed by atoms with Crippen molar-refractivity contribution in [1.82, 2.24) is 9.44 Å². The number of nitrogens with one attached hydrogen (secondary N) is 2. The second kappa shape index (κ2) is 7.79. The number of halogens is 4. The third kappa shape index (κ3) is 7.65. The Bertz CT molecular complexity index is 496. The maximum absolute atomic E-state index is 11.9. The lowest BCUT2D eigenvalue weighted by Crippen LogP contribution is -2.43. The van der Waals surface area contributed by atoms with Gasteiger partial charge in [0, 0.05) is 12.6 Å². The normalized spacial score (nSPS) is 13.6. The van der Waals surface area contributed by atoms with Gasteiger partial charge in [-0.15, -0.1) is 12.4 Å². The second-order valence-corrected chi connectivity index (χ2v) is 5.39. The Hall–Kier alpha value is -0.870. The molecule has 1 unspecified atom stereocenters. The van der Waals surface area contributed by atoms with Crippen LogP contribution in [0.3, 0.4) is 0 Å². The van der Waals surface area contributed by atoms with Crippen LogP contribution >= 0.6 is 12.4 Å². The first-order valence-electron chi connectivity index (χ1n) is 5.31. The fourth-order valence-corrected chi connectivity index (χ4v) is 2.10. The molecule has 0 radical (unpaired) electrons. The van der Waals surface area contributed by atoms with Gasteiger partial charge in [0.2, 0.25) is 0 Å². The Morgan fingerprint density at radius 3 is 2.20 bits per heavy atom. The Balaban J connectivity index is 0.00000361. The van der Waals surface area contributed by atoms with Crippen molar-refractivity contribution in [3.8, 4) is 0 Å². The molecule has 0 heterocycles. The third-order valence-electron chi connectivity index (χ3n) is 2.18. The van der Waals surface area contributed by atoms with E-state index >= 15 is 0 Å². The Kier molecular flexibility index (Phi) is 7.45. The zero-order valence-electron chi connectivity index (χ0n) is 10.2. The van der Waals surface area contributed by atoms with Crippen LogP contribution in [-0.4, -0.2) is 27.7 Å². The van der Waals surface area contributed by atoms with Gasteiger partial charge in [-0.2, -0.15) is 26.3 Å². The van der Waals surface area contributed by atoms with Crippen LogP contribution in [0.15, 0.2) is 30.3 Å². The van der Waals surface area contributed by atoms with E-state index in [2.05, 4.69) is 0 Å². The molecule has 0 bridgehead atoms. The largest absolute Gasteiger partial charge is 0.402 e. The topological polar surface area (TPSA) is 84.2 Å². The van der Waals surface area contributed by atoms with Gasteiger partial charge < -0.3 is 5.73 Å². The van der Waals surface area contributed by atoms with E-state index < -0.39 is 29.0 Å². The van der Waals surface area contributed by atoms with E-state index in [1.54, 1.807) is 30.3 Å². The molecule has 1 atom stereocenters. The predicted molar refractivity (Wildman–Crippen MR) is 71.6 cm³/mol. The molecule has 0 amide bonds. The van der Waals surface area contributed by atoms with E-state index in [0.717, 1.165) is 0 Å². The summed E-state index contributed by atoms with van der Waals surface area (Å²) in [5.41, 5.74) is 6.39. The number of alkyl halides is 3. The van der Waals surface area contributed by atoms with Crippen LogP contribution < -0.4 is 15.2 Å². The average molecular weight is 334 g/mol. The summed E-state index contributed by atoms with van der Waals surface area (Å²) >= 11 is 0. The molecular weight excluding hydrogens is 319 g/mol. The maximum Gasteiger partial charge on any atom is 0.402 e. The summed E-state index contributed by atoms with van der Waals surface area (Å²) in [7, 11) is -4.22. The lowest BCUT2D eigenvalue weighted by molar-refractivity contribution is -0.121. The van der Waals surface area contributed by atoms with Crippen LogP contribution in [0.25, 0.3) is 0 Å². The molecule has 116 valence electrons. The molecule has 5 nitrogen and oxygen atoms in total. The first kappa shape index (κ1) is 19.1. The SMILES string of the molecule is Cl.NC(CNS(=O)(=O)NCC(F)(F)F)c1ccccc1. The second-order valence-electron chi connectivity index (χ2n) is 3.81. The van der Waals surface area contributed by atoms with Gasteiger partial charge in [-0.3, -0.25) is 0 Å². The Labute approximate surface area is 121 Å². The van der Waals surface area contributed by atoms with Crippen molar-refractivity contribution in [3.05, 3.63) is 35.9 Å². The number of benzene rings is 1. The summed E-state index contributed by atoms with van der Waals surface area (Å²) in [4.78, 5) is 0. The summed E-state index contributed by atoms with van der Waals surface area (Å²) in [6, 6.07) is 7.98. The number of rotatable bonds is 6. The van der Waals surface area contributed by atoms with Crippen LogP contribution in [0.2, 0.25) is 0 Å². The number of hydrogen-bond acceptors (Lipinski definition) is 3. The van der Waals surface area contributed by atoms with Crippen molar-refractivity contribution >= 4 is 22.6 Å². The molecule has 1 aromatic rings. The van der Waals surface area contributed by atoms with E-state index in [0.29, 0.717) is 5.56 Å². The van der Waals surface area contributed by atoms with Crippen LogP contribution in [0.4, 0.5) is 13.2 Å². The van der Waals surface area contributed by atoms with Crippen LogP contribution in [0.5, 0.6) is 0 Å². The van der Waals surface area contributed by atoms with Crippen molar-refractivity contribution in [2.24, 2.45) is 5.73 Å². The zero-order chi connectivity index (χ0) is 14.5. The highest BCUT2D eigenvalue weighted by Crippen LogP contribution is 2.12. The molecule has 0 aromatic heterocycles. The van der Waals surface area contributed by atoms with E-state index in [9.17, 15) is 21.6 Å². The van der Waals surface area contributed by atoms with Gasteiger partial charge in [0.05, 0.1) is 0 Å². The van der Waals surface area contributed by atoms with Crippen molar-refractivity contribution < 1.29 is 21.6 Å². The summed E-state index contributed by atoms with van der Waals surface area (Å²) in [5.74, 6) is 0. The zero-order valence-corrected chi connectivity index (χ0v) is 11.9. The van der Waals surface area contributed by atoms with Crippen molar-refractivity contribution in [3.63, 3.8) is 0 Å². The van der Waals surface area contributed by atoms with Crippen LogP contribution in [0, 0.1) is 0 Å². The third-order valence-corrected chi connectivity index (χ3v) is 3.25. The highest BCUT2D eigenvalue weighted by atomic mass is 35.5. The molecular formula is C10H15ClF3N3O2S. The van der Waals surface area contributed by atoms with Crippen LogP contribution in [0.1, 0.15) is 11.6 Å². The van der Waals surface area contributed by atoms with Gasteiger partial charge in [-0.25, -0.2) is 4.72 Å². The van der Waals surface area contributed by atoms with Crippen molar-refractivity contribution in [2.75, 3.05) is 13.1 Å². The molecule has 1 aromatic carbocycles. The van der Waals surface area contributed by atoms with Gasteiger partial charge in [-0.1, -0.05) is 30.3 Å². The first-order chi connectivity index (χ1) is 8.70. The summed E-state index contributed by atoms with van der Waals surface area (Å²) < 4.78 is 61.4. The fourth-order valence-electron chi connectivity index (χ4n) is 1.25. The minimum Gasteiger partial charge on any atom is -0.323 e. The lowest BCUT2D eigenvalue weighted by atomic mass is 10.1. The summed E-state index contributed by atoms with van der Waals surface area (Å²) in [6.45, 7) is -1.82. The molecule has 10 heteroatoms. The molecule has 0 aliphatic heterocycles. The molecule has 0 saturated carbocycles. The predicted octanol–water partition coefficient (Wildman–Crippen LogP) is 1.09. The van der Waals surface area contributed by atoms with Gasteiger partial charge in [-0.05, 0) is 5.56 Å². The maximum atomic E-state index is 11.9. The minimum atomic E-state index is -4.60. The van der Waals surface area contributed by atoms with E-state index in [-0.39, 0.29) is 19.0 Å². The molecule has 0 aliphatic rings.